The lowest BCUT2D eigenvalue weighted by Crippen LogP contribution is -2.23. The van der Waals surface area contributed by atoms with E-state index in [2.05, 4.69) is 4.99 Å². The van der Waals surface area contributed by atoms with E-state index >= 15 is 0 Å². The summed E-state index contributed by atoms with van der Waals surface area (Å²) in [5.74, 6) is -0.729. The molecule has 1 fully saturated rings. The van der Waals surface area contributed by atoms with Crippen molar-refractivity contribution in [3.05, 3.63) is 11.0 Å². The topological polar surface area (TPSA) is 59.0 Å². The minimum atomic E-state index is -0.501. The van der Waals surface area contributed by atoms with E-state index in [1.807, 2.05) is 0 Å². The van der Waals surface area contributed by atoms with Crippen molar-refractivity contribution in [3.8, 4) is 0 Å². The molecule has 0 aromatic rings. The minimum Gasteiger partial charge on any atom is -0.463 e. The Hall–Kier alpha value is -1.30. The Kier molecular flexibility index (Phi) is 3.90. The van der Waals surface area contributed by atoms with Gasteiger partial charge in [-0.15, -0.1) is 0 Å². The molecule has 0 bridgehead atoms. The molecule has 1 aliphatic heterocycles. The van der Waals surface area contributed by atoms with Crippen LogP contribution in [-0.4, -0.2) is 42.6 Å². The van der Waals surface area contributed by atoms with Crippen LogP contribution < -0.4 is 0 Å². The van der Waals surface area contributed by atoms with E-state index in [1.54, 1.807) is 21.0 Å². The van der Waals surface area contributed by atoms with Crippen LogP contribution in [0, 0.1) is 0 Å². The molecule has 1 rings (SSSR count). The highest BCUT2D eigenvalue weighted by Crippen LogP contribution is 2.29. The number of ether oxygens (including phenoxy) is 1. The fraction of sp³-hybridized carbons (Fsp3) is 0.444. The van der Waals surface area contributed by atoms with Crippen LogP contribution in [0.15, 0.2) is 16.0 Å². The van der Waals surface area contributed by atoms with Crippen molar-refractivity contribution in [2.24, 2.45) is 4.99 Å². The van der Waals surface area contributed by atoms with E-state index in [-0.39, 0.29) is 5.91 Å². The smallest absolute Gasteiger partial charge is 0.332 e. The number of hydrogen-bond acceptors (Lipinski definition) is 5. The van der Waals surface area contributed by atoms with Crippen LogP contribution in [0.5, 0.6) is 0 Å². The Bertz CT molecular complexity index is 349. The maximum atomic E-state index is 11.6. The summed E-state index contributed by atoms with van der Waals surface area (Å²) in [4.78, 5) is 28.3. The zero-order valence-electron chi connectivity index (χ0n) is 8.81. The van der Waals surface area contributed by atoms with Crippen molar-refractivity contribution in [2.75, 3.05) is 20.7 Å². The predicted molar refractivity (Wildman–Crippen MR) is 58.4 cm³/mol. The van der Waals surface area contributed by atoms with Crippen LogP contribution in [0.25, 0.3) is 0 Å². The maximum absolute atomic E-state index is 11.6. The molecule has 0 radical (unpaired) electrons. The predicted octanol–water partition coefficient (Wildman–Crippen LogP) is 0.624. The van der Waals surface area contributed by atoms with Crippen LogP contribution in [-0.2, 0) is 14.3 Å². The van der Waals surface area contributed by atoms with Gasteiger partial charge in [0.2, 0.25) is 0 Å². The molecule has 0 atom stereocenters. The molecule has 0 unspecified atom stereocenters. The molecule has 5 nitrogen and oxygen atoms in total. The first-order chi connectivity index (χ1) is 7.10. The summed E-state index contributed by atoms with van der Waals surface area (Å²) in [6.07, 6.45) is 1.20. The fourth-order valence-corrected chi connectivity index (χ4v) is 1.93. The molecule has 0 aliphatic carbocycles. The number of nitrogens with zero attached hydrogens (tertiary/aromatic N) is 2. The summed E-state index contributed by atoms with van der Waals surface area (Å²) in [6.45, 7) is 2.01. The van der Waals surface area contributed by atoms with Gasteiger partial charge >= 0.3 is 5.97 Å². The van der Waals surface area contributed by atoms with Gasteiger partial charge in [-0.1, -0.05) is 0 Å². The number of hydrogen-bond donors (Lipinski definition) is 0. The van der Waals surface area contributed by atoms with Gasteiger partial charge in [0, 0.05) is 20.2 Å². The van der Waals surface area contributed by atoms with Gasteiger partial charge in [0.1, 0.15) is 0 Å². The lowest BCUT2D eigenvalue weighted by atomic mass is 10.4. The van der Waals surface area contributed by atoms with Crippen molar-refractivity contribution in [2.45, 2.75) is 6.92 Å². The highest BCUT2D eigenvalue weighted by atomic mass is 32.2. The first-order valence-electron chi connectivity index (χ1n) is 4.41. The molecule has 0 spiro atoms. The van der Waals surface area contributed by atoms with Crippen molar-refractivity contribution >= 4 is 28.8 Å². The van der Waals surface area contributed by atoms with Gasteiger partial charge in [0.05, 0.1) is 11.5 Å². The first-order valence-corrected chi connectivity index (χ1v) is 5.23. The third-order valence-electron chi connectivity index (χ3n) is 1.73. The summed E-state index contributed by atoms with van der Waals surface area (Å²) >= 11 is 1.17. The third-order valence-corrected chi connectivity index (χ3v) is 2.88. The van der Waals surface area contributed by atoms with Crippen LogP contribution in [0.2, 0.25) is 0 Å². The number of rotatable bonds is 2. The molecule has 0 aromatic carbocycles. The Balaban J connectivity index is 2.82. The second-order valence-electron chi connectivity index (χ2n) is 2.73. The second kappa shape index (κ2) is 4.97. The second-order valence-corrected chi connectivity index (χ2v) is 3.74. The van der Waals surface area contributed by atoms with E-state index in [4.69, 9.17) is 4.74 Å². The lowest BCUT2D eigenvalue weighted by Gasteiger charge is -2.04. The van der Waals surface area contributed by atoms with Crippen LogP contribution in [0.3, 0.4) is 0 Å². The monoisotopic (exact) mass is 228 g/mol. The molecule has 0 saturated carbocycles. The van der Waals surface area contributed by atoms with Gasteiger partial charge in [-0.25, -0.2) is 4.79 Å². The maximum Gasteiger partial charge on any atom is 0.332 e. The molecule has 15 heavy (non-hydrogen) atoms. The normalized spacial score (nSPS) is 21.5. The number of aliphatic imine (C=N–C) groups is 1. The third kappa shape index (κ3) is 2.59. The molecular weight excluding hydrogens is 216 g/mol. The van der Waals surface area contributed by atoms with E-state index < -0.39 is 5.97 Å². The lowest BCUT2D eigenvalue weighted by molar-refractivity contribution is -0.137. The Morgan fingerprint density at radius 1 is 1.67 bits per heavy atom. The van der Waals surface area contributed by atoms with Gasteiger partial charge in [0.15, 0.2) is 5.17 Å². The van der Waals surface area contributed by atoms with Crippen molar-refractivity contribution < 1.29 is 14.3 Å². The van der Waals surface area contributed by atoms with Gasteiger partial charge < -0.3 is 4.74 Å². The summed E-state index contributed by atoms with van der Waals surface area (Å²) in [6, 6.07) is 0. The Morgan fingerprint density at radius 2 is 2.33 bits per heavy atom. The van der Waals surface area contributed by atoms with E-state index in [0.29, 0.717) is 16.7 Å². The largest absolute Gasteiger partial charge is 0.463 e. The number of carbonyl (C=O) groups is 2. The van der Waals surface area contributed by atoms with Gasteiger partial charge in [-0.2, -0.15) is 0 Å². The SMILES string of the molecule is CCOC(=O)/C=C1/SC(=NC)N(C)C1=O. The summed E-state index contributed by atoms with van der Waals surface area (Å²) in [5.41, 5.74) is 0. The van der Waals surface area contributed by atoms with Crippen LogP contribution in [0.4, 0.5) is 0 Å². The molecule has 1 saturated heterocycles. The number of thioether (sulfide) groups is 1. The average Bonchev–Trinajstić information content (AvgIpc) is 2.46. The molecule has 1 heterocycles. The zero-order valence-corrected chi connectivity index (χ0v) is 9.63. The fourth-order valence-electron chi connectivity index (χ4n) is 1.04. The Morgan fingerprint density at radius 3 is 2.80 bits per heavy atom. The van der Waals surface area contributed by atoms with Crippen LogP contribution >= 0.6 is 11.8 Å². The molecular formula is C9H12N2O3S. The molecule has 1 aliphatic rings. The van der Waals surface area contributed by atoms with Crippen molar-refractivity contribution in [3.63, 3.8) is 0 Å². The molecule has 82 valence electrons. The van der Waals surface area contributed by atoms with Gasteiger partial charge in [0.25, 0.3) is 5.91 Å². The van der Waals surface area contributed by atoms with E-state index in [9.17, 15) is 9.59 Å². The molecule has 1 amide bonds. The number of carbonyl (C=O) groups excluding carboxylic acids is 2. The quantitative estimate of drug-likeness (QED) is 0.513. The number of amides is 1. The summed E-state index contributed by atoms with van der Waals surface area (Å²) in [7, 11) is 3.21. The van der Waals surface area contributed by atoms with Crippen LogP contribution in [0.1, 0.15) is 6.92 Å². The van der Waals surface area contributed by atoms with Gasteiger partial charge in [-0.3, -0.25) is 14.7 Å². The first kappa shape index (κ1) is 11.8. The van der Waals surface area contributed by atoms with Crippen molar-refractivity contribution in [1.29, 1.82) is 0 Å². The van der Waals surface area contributed by atoms with Gasteiger partial charge in [-0.05, 0) is 18.7 Å². The number of esters is 1. The Labute approximate surface area is 92.2 Å². The summed E-state index contributed by atoms with van der Waals surface area (Å²) < 4.78 is 4.72. The molecule has 0 N–H and O–H groups in total. The molecule has 0 aromatic heterocycles. The summed E-state index contributed by atoms with van der Waals surface area (Å²) in [5, 5.41) is 0.579. The van der Waals surface area contributed by atoms with Crippen molar-refractivity contribution in [1.82, 2.24) is 4.90 Å². The van der Waals surface area contributed by atoms with E-state index in [0.717, 1.165) is 0 Å². The zero-order chi connectivity index (χ0) is 11.4. The standard InChI is InChI=1S/C9H12N2O3S/c1-4-14-7(12)5-6-8(13)11(3)9(10-2)15-6/h5H,4H2,1-3H3/b6-5+,10-9?. The highest BCUT2D eigenvalue weighted by molar-refractivity contribution is 8.18. The highest BCUT2D eigenvalue weighted by Gasteiger charge is 2.30. The number of likely N-dealkylation sites (N-methyl/N-ethyl adjacent to an activating group) is 1. The minimum absolute atomic E-state index is 0.228. The molecule has 6 heteroatoms. The van der Waals surface area contributed by atoms with E-state index in [1.165, 1.54) is 22.7 Å². The number of amidine groups is 1. The average molecular weight is 228 g/mol.